The fourth-order valence-corrected chi connectivity index (χ4v) is 3.83. The number of aromatic amines is 2. The Morgan fingerprint density at radius 2 is 1.30 bits per heavy atom. The van der Waals surface area contributed by atoms with Crippen LogP contribution in [0.15, 0.2) is 108 Å². The third-order valence-corrected chi connectivity index (χ3v) is 5.18. The van der Waals surface area contributed by atoms with Crippen molar-refractivity contribution in [2.45, 2.75) is 0 Å². The standard InChI is InChI=1S/C27H21N3/c1-19-14-15-23(29-19)27(21-11-6-3-7-12-21)25-17-16-24(30-25)26(22-13-8-18-28-22)20-9-4-2-5-10-20/h2-18,29-30H,1H2/b26-22?,27-23-. The van der Waals surface area contributed by atoms with Crippen molar-refractivity contribution in [1.29, 1.82) is 0 Å². The highest BCUT2D eigenvalue weighted by Crippen LogP contribution is 2.30. The summed E-state index contributed by atoms with van der Waals surface area (Å²) >= 11 is 0. The van der Waals surface area contributed by atoms with Crippen LogP contribution in [0.5, 0.6) is 0 Å². The molecule has 0 unspecified atom stereocenters. The van der Waals surface area contributed by atoms with Crippen LogP contribution in [0, 0.1) is 0 Å². The van der Waals surface area contributed by atoms with Gasteiger partial charge in [0.25, 0.3) is 0 Å². The first kappa shape index (κ1) is 18.0. The average Bonchev–Trinajstić information content (AvgIpc) is 3.54. The molecule has 2 aromatic heterocycles. The highest BCUT2D eigenvalue weighted by atomic mass is 14.8. The van der Waals surface area contributed by atoms with Gasteiger partial charge in [-0.3, -0.25) is 4.99 Å². The van der Waals surface area contributed by atoms with Crippen molar-refractivity contribution in [3.8, 4) is 0 Å². The molecule has 144 valence electrons. The van der Waals surface area contributed by atoms with Crippen molar-refractivity contribution in [1.82, 2.24) is 9.97 Å². The van der Waals surface area contributed by atoms with Crippen LogP contribution in [0.25, 0.3) is 17.7 Å². The van der Waals surface area contributed by atoms with Gasteiger partial charge in [0.15, 0.2) is 0 Å². The molecule has 2 aromatic carbocycles. The van der Waals surface area contributed by atoms with Crippen molar-refractivity contribution < 1.29 is 0 Å². The number of allylic oxidation sites excluding steroid dienone is 2. The maximum atomic E-state index is 4.56. The first-order valence-electron chi connectivity index (χ1n) is 9.93. The van der Waals surface area contributed by atoms with Gasteiger partial charge in [-0.1, -0.05) is 67.2 Å². The first-order valence-corrected chi connectivity index (χ1v) is 9.93. The largest absolute Gasteiger partial charge is 0.355 e. The van der Waals surface area contributed by atoms with E-state index >= 15 is 0 Å². The Kier molecular flexibility index (Phi) is 4.62. The highest BCUT2D eigenvalue weighted by Gasteiger charge is 2.16. The van der Waals surface area contributed by atoms with Gasteiger partial charge < -0.3 is 9.97 Å². The molecule has 1 aliphatic heterocycles. The quantitative estimate of drug-likeness (QED) is 0.521. The molecule has 0 fully saturated rings. The Labute approximate surface area is 175 Å². The van der Waals surface area contributed by atoms with E-state index in [1.807, 2.05) is 36.6 Å². The Morgan fingerprint density at radius 1 is 0.667 bits per heavy atom. The smallest absolute Gasteiger partial charge is 0.0729 e. The second kappa shape index (κ2) is 7.72. The third kappa shape index (κ3) is 3.38. The van der Waals surface area contributed by atoms with Gasteiger partial charge in [-0.15, -0.1) is 0 Å². The number of hydrogen-bond acceptors (Lipinski definition) is 1. The van der Waals surface area contributed by atoms with Crippen LogP contribution in [0.1, 0.15) is 22.5 Å². The van der Waals surface area contributed by atoms with Crippen LogP contribution < -0.4 is 10.7 Å². The number of nitrogens with zero attached hydrogens (tertiary/aromatic N) is 1. The fraction of sp³-hybridized carbons (Fsp3) is 0. The Balaban J connectivity index is 1.71. The summed E-state index contributed by atoms with van der Waals surface area (Å²) in [7, 11) is 0. The van der Waals surface area contributed by atoms with Crippen molar-refractivity contribution in [2.24, 2.45) is 4.99 Å². The molecule has 0 aliphatic carbocycles. The van der Waals surface area contributed by atoms with Crippen LogP contribution in [0.3, 0.4) is 0 Å². The minimum absolute atomic E-state index is 0.891. The second-order valence-corrected chi connectivity index (χ2v) is 7.19. The molecule has 0 spiro atoms. The van der Waals surface area contributed by atoms with Crippen LogP contribution in [-0.2, 0) is 0 Å². The SMILES string of the molecule is C=c1cc/c(=C(\c2ccccc2)c2ccc(C(=C3C=CC=N3)c3ccccc3)[nH]2)[nH]1. The number of hydrogen-bond donors (Lipinski definition) is 2. The van der Waals surface area contributed by atoms with E-state index in [1.54, 1.807) is 0 Å². The molecular weight excluding hydrogens is 366 g/mol. The summed E-state index contributed by atoms with van der Waals surface area (Å²) in [5.74, 6) is 0. The normalized spacial score (nSPS) is 15.5. The maximum Gasteiger partial charge on any atom is 0.0729 e. The molecule has 0 saturated heterocycles. The molecule has 0 saturated carbocycles. The summed E-state index contributed by atoms with van der Waals surface area (Å²) < 4.78 is 0. The van der Waals surface area contributed by atoms with Crippen molar-refractivity contribution in [3.05, 3.63) is 136 Å². The molecule has 0 atom stereocenters. The van der Waals surface area contributed by atoms with Crippen LogP contribution in [0.2, 0.25) is 0 Å². The summed E-state index contributed by atoms with van der Waals surface area (Å²) in [5, 5.41) is 1.93. The summed E-state index contributed by atoms with van der Waals surface area (Å²) in [5.41, 5.74) is 7.49. The molecule has 3 nitrogen and oxygen atoms in total. The molecule has 1 aliphatic rings. The zero-order chi connectivity index (χ0) is 20.3. The minimum Gasteiger partial charge on any atom is -0.355 e. The lowest BCUT2D eigenvalue weighted by Crippen LogP contribution is -2.13. The Hall–Kier alpha value is -4.11. The number of benzene rings is 2. The average molecular weight is 387 g/mol. The van der Waals surface area contributed by atoms with E-state index in [9.17, 15) is 0 Å². The van der Waals surface area contributed by atoms with Crippen LogP contribution in [-0.4, -0.2) is 16.2 Å². The van der Waals surface area contributed by atoms with E-state index in [0.717, 1.165) is 50.1 Å². The monoisotopic (exact) mass is 387 g/mol. The molecule has 0 bridgehead atoms. The summed E-state index contributed by atoms with van der Waals surface area (Å²) in [4.78, 5) is 11.6. The minimum atomic E-state index is 0.891. The number of aliphatic imine (C=N–C) groups is 1. The van der Waals surface area contributed by atoms with E-state index in [4.69, 9.17) is 0 Å². The molecule has 0 radical (unpaired) electrons. The third-order valence-electron chi connectivity index (χ3n) is 5.18. The van der Waals surface area contributed by atoms with Gasteiger partial charge in [0.1, 0.15) is 0 Å². The molecule has 3 heteroatoms. The van der Waals surface area contributed by atoms with Crippen molar-refractivity contribution in [2.75, 3.05) is 0 Å². The van der Waals surface area contributed by atoms with Crippen molar-refractivity contribution >= 4 is 23.9 Å². The molecule has 0 amide bonds. The zero-order valence-electron chi connectivity index (χ0n) is 16.5. The van der Waals surface area contributed by atoms with Gasteiger partial charge in [0, 0.05) is 39.4 Å². The van der Waals surface area contributed by atoms with Gasteiger partial charge in [-0.25, -0.2) is 0 Å². The number of rotatable bonds is 4. The van der Waals surface area contributed by atoms with E-state index in [1.165, 1.54) is 0 Å². The van der Waals surface area contributed by atoms with Gasteiger partial charge in [0.2, 0.25) is 0 Å². The lowest BCUT2D eigenvalue weighted by molar-refractivity contribution is 1.23. The predicted molar refractivity (Wildman–Crippen MR) is 125 cm³/mol. The second-order valence-electron chi connectivity index (χ2n) is 7.19. The fourth-order valence-electron chi connectivity index (χ4n) is 3.83. The lowest BCUT2D eigenvalue weighted by Gasteiger charge is -2.09. The number of nitrogens with one attached hydrogen (secondary N) is 2. The van der Waals surface area contributed by atoms with Crippen LogP contribution in [0.4, 0.5) is 0 Å². The Morgan fingerprint density at radius 3 is 1.87 bits per heavy atom. The topological polar surface area (TPSA) is 43.9 Å². The van der Waals surface area contributed by atoms with Crippen molar-refractivity contribution in [3.63, 3.8) is 0 Å². The van der Waals surface area contributed by atoms with Gasteiger partial charge in [-0.2, -0.15) is 0 Å². The van der Waals surface area contributed by atoms with Gasteiger partial charge in [-0.05, 0) is 47.5 Å². The summed E-state index contributed by atoms with van der Waals surface area (Å²) in [6, 6.07) is 29.1. The van der Waals surface area contributed by atoms with E-state index in [2.05, 4.69) is 88.3 Å². The van der Waals surface area contributed by atoms with E-state index < -0.39 is 0 Å². The molecule has 5 rings (SSSR count). The Bertz CT molecular complexity index is 1370. The molecular formula is C27H21N3. The van der Waals surface area contributed by atoms with Gasteiger partial charge in [0.05, 0.1) is 5.70 Å². The molecule has 4 aromatic rings. The molecule has 30 heavy (non-hydrogen) atoms. The number of H-pyrrole nitrogens is 2. The van der Waals surface area contributed by atoms with Gasteiger partial charge >= 0.3 is 0 Å². The highest BCUT2D eigenvalue weighted by molar-refractivity contribution is 5.89. The summed E-state index contributed by atoms with van der Waals surface area (Å²) in [6.45, 7) is 4.03. The summed E-state index contributed by atoms with van der Waals surface area (Å²) in [6.07, 6.45) is 5.85. The maximum absolute atomic E-state index is 4.56. The molecule has 2 N–H and O–H groups in total. The van der Waals surface area contributed by atoms with E-state index in [-0.39, 0.29) is 0 Å². The predicted octanol–water partition coefficient (Wildman–Crippen LogP) is 4.40. The zero-order valence-corrected chi connectivity index (χ0v) is 16.5. The first-order chi connectivity index (χ1) is 14.8. The molecule has 3 heterocycles. The lowest BCUT2D eigenvalue weighted by atomic mass is 10.0. The number of aromatic nitrogens is 2. The van der Waals surface area contributed by atoms with Crippen LogP contribution >= 0.6 is 0 Å². The van der Waals surface area contributed by atoms with E-state index in [0.29, 0.717) is 0 Å².